The molecular formula is C12H11NO4. The van der Waals surface area contributed by atoms with E-state index in [1.54, 1.807) is 0 Å². The molecule has 1 amide bonds. The molecule has 1 aliphatic rings. The van der Waals surface area contributed by atoms with Gasteiger partial charge < -0.3 is 15.2 Å². The molecule has 2 N–H and O–H groups in total. The van der Waals surface area contributed by atoms with E-state index < -0.39 is 11.9 Å². The first-order valence-electron chi connectivity index (χ1n) is 5.10. The van der Waals surface area contributed by atoms with Gasteiger partial charge >= 0.3 is 5.97 Å². The van der Waals surface area contributed by atoms with Crippen molar-refractivity contribution in [2.24, 2.45) is 0 Å². The van der Waals surface area contributed by atoms with Gasteiger partial charge in [-0.05, 0) is 6.07 Å². The van der Waals surface area contributed by atoms with E-state index in [-0.39, 0.29) is 6.04 Å². The molecule has 1 atom stereocenters. The summed E-state index contributed by atoms with van der Waals surface area (Å²) < 4.78 is 5.38. The zero-order valence-electron chi connectivity index (χ0n) is 8.92. The molecule has 5 nitrogen and oxygen atoms in total. The molecule has 0 aromatic heterocycles. The molecule has 1 aromatic rings. The molecule has 5 heteroatoms. The molecule has 0 aliphatic carbocycles. The van der Waals surface area contributed by atoms with Gasteiger partial charge in [0.05, 0.1) is 6.04 Å². The molecule has 1 aliphatic heterocycles. The monoisotopic (exact) mass is 233 g/mol. The third-order valence-electron chi connectivity index (χ3n) is 2.39. The Morgan fingerprint density at radius 3 is 2.88 bits per heavy atom. The van der Waals surface area contributed by atoms with E-state index in [0.717, 1.165) is 23.5 Å². The molecular weight excluding hydrogens is 222 g/mol. The average Bonchev–Trinajstić information content (AvgIpc) is 2.70. The minimum Gasteiger partial charge on any atom is -0.491 e. The number of rotatable bonds is 3. The first-order chi connectivity index (χ1) is 8.16. The molecule has 0 radical (unpaired) electrons. The maximum absolute atomic E-state index is 11.4. The Bertz CT molecular complexity index is 481. The second kappa shape index (κ2) is 4.69. The topological polar surface area (TPSA) is 75.6 Å². The van der Waals surface area contributed by atoms with Gasteiger partial charge in [0.25, 0.3) is 0 Å². The van der Waals surface area contributed by atoms with Gasteiger partial charge in [-0.1, -0.05) is 18.2 Å². The molecule has 1 heterocycles. The van der Waals surface area contributed by atoms with E-state index in [9.17, 15) is 9.59 Å². The number of fused-ring (bicyclic) bond motifs is 1. The lowest BCUT2D eigenvalue weighted by molar-refractivity contribution is -0.131. The van der Waals surface area contributed by atoms with Crippen molar-refractivity contribution in [3.8, 4) is 5.75 Å². The predicted molar refractivity (Wildman–Crippen MR) is 59.6 cm³/mol. The number of aliphatic carboxylic acids is 1. The zero-order valence-corrected chi connectivity index (χ0v) is 8.92. The fraction of sp³-hybridized carbons (Fsp3) is 0.167. The molecule has 1 aromatic carbocycles. The Kier molecular flexibility index (Phi) is 3.09. The molecule has 0 fully saturated rings. The SMILES string of the molecule is O=C(O)C=CC(=O)NC1COc2ccccc21. The normalized spacial score (nSPS) is 17.5. The number of carboxylic acid groups (broad SMARTS) is 1. The van der Waals surface area contributed by atoms with E-state index in [4.69, 9.17) is 9.84 Å². The highest BCUT2D eigenvalue weighted by Crippen LogP contribution is 2.31. The van der Waals surface area contributed by atoms with Crippen LogP contribution in [-0.4, -0.2) is 23.6 Å². The van der Waals surface area contributed by atoms with Crippen LogP contribution in [0, 0.1) is 0 Å². The smallest absolute Gasteiger partial charge is 0.328 e. The summed E-state index contributed by atoms with van der Waals surface area (Å²) in [6.07, 6.45) is 1.79. The summed E-state index contributed by atoms with van der Waals surface area (Å²) in [7, 11) is 0. The van der Waals surface area contributed by atoms with Gasteiger partial charge in [-0.3, -0.25) is 4.79 Å². The van der Waals surface area contributed by atoms with Crippen molar-refractivity contribution < 1.29 is 19.4 Å². The van der Waals surface area contributed by atoms with Crippen LogP contribution in [0.4, 0.5) is 0 Å². The van der Waals surface area contributed by atoms with Crippen molar-refractivity contribution in [3.63, 3.8) is 0 Å². The Morgan fingerprint density at radius 1 is 1.35 bits per heavy atom. The number of carboxylic acids is 1. The highest BCUT2D eigenvalue weighted by Gasteiger charge is 2.24. The zero-order chi connectivity index (χ0) is 12.3. The molecule has 88 valence electrons. The number of hydrogen-bond acceptors (Lipinski definition) is 3. The molecule has 0 saturated heterocycles. The van der Waals surface area contributed by atoms with Crippen LogP contribution in [-0.2, 0) is 9.59 Å². The maximum Gasteiger partial charge on any atom is 0.328 e. The fourth-order valence-electron chi connectivity index (χ4n) is 1.65. The van der Waals surface area contributed by atoms with Crippen LogP contribution >= 0.6 is 0 Å². The van der Waals surface area contributed by atoms with Crippen LogP contribution in [0.15, 0.2) is 36.4 Å². The minimum absolute atomic E-state index is 0.225. The molecule has 0 spiro atoms. The summed E-state index contributed by atoms with van der Waals surface area (Å²) in [5.74, 6) is -0.846. The second-order valence-corrected chi connectivity index (χ2v) is 3.58. The molecule has 0 bridgehead atoms. The molecule has 0 saturated carbocycles. The summed E-state index contributed by atoms with van der Waals surface area (Å²) in [5, 5.41) is 11.1. The lowest BCUT2D eigenvalue weighted by atomic mass is 10.1. The summed E-state index contributed by atoms with van der Waals surface area (Å²) >= 11 is 0. The number of nitrogens with one attached hydrogen (secondary N) is 1. The van der Waals surface area contributed by atoms with Gasteiger partial charge in [0.15, 0.2) is 0 Å². The number of amides is 1. The van der Waals surface area contributed by atoms with Crippen LogP contribution in [0.2, 0.25) is 0 Å². The standard InChI is InChI=1S/C12H11NO4/c14-11(5-6-12(15)16)13-9-7-17-10-4-2-1-3-8(9)10/h1-6,9H,7H2,(H,13,14)(H,15,16). The number of benzene rings is 1. The average molecular weight is 233 g/mol. The van der Waals surface area contributed by atoms with E-state index in [1.165, 1.54) is 0 Å². The van der Waals surface area contributed by atoms with Gasteiger partial charge in [0, 0.05) is 17.7 Å². The predicted octanol–water partition coefficient (Wildman–Crippen LogP) is 0.877. The highest BCUT2D eigenvalue weighted by molar-refractivity contribution is 5.94. The van der Waals surface area contributed by atoms with Gasteiger partial charge in [-0.15, -0.1) is 0 Å². The fourth-order valence-corrected chi connectivity index (χ4v) is 1.65. The Hall–Kier alpha value is -2.30. The summed E-state index contributed by atoms with van der Waals surface area (Å²) in [6.45, 7) is 0.367. The van der Waals surface area contributed by atoms with Crippen LogP contribution in [0.3, 0.4) is 0 Å². The number of carbonyl (C=O) groups excluding carboxylic acids is 1. The second-order valence-electron chi connectivity index (χ2n) is 3.58. The number of carbonyl (C=O) groups is 2. The Labute approximate surface area is 97.7 Å². The third-order valence-corrected chi connectivity index (χ3v) is 2.39. The number of ether oxygens (including phenoxy) is 1. The van der Waals surface area contributed by atoms with Crippen LogP contribution < -0.4 is 10.1 Å². The third kappa shape index (κ3) is 2.63. The Morgan fingerprint density at radius 2 is 2.12 bits per heavy atom. The van der Waals surface area contributed by atoms with Gasteiger partial charge in [0.1, 0.15) is 12.4 Å². The largest absolute Gasteiger partial charge is 0.491 e. The minimum atomic E-state index is -1.15. The van der Waals surface area contributed by atoms with Crippen molar-refractivity contribution in [3.05, 3.63) is 42.0 Å². The Balaban J connectivity index is 2.02. The first-order valence-corrected chi connectivity index (χ1v) is 5.10. The van der Waals surface area contributed by atoms with E-state index in [1.807, 2.05) is 24.3 Å². The van der Waals surface area contributed by atoms with Gasteiger partial charge in [0.2, 0.25) is 5.91 Å². The number of hydrogen-bond donors (Lipinski definition) is 2. The maximum atomic E-state index is 11.4. The summed E-state index contributed by atoms with van der Waals surface area (Å²) in [6, 6.07) is 7.19. The molecule has 2 rings (SSSR count). The lowest BCUT2D eigenvalue weighted by Crippen LogP contribution is -2.27. The van der Waals surface area contributed by atoms with Crippen LogP contribution in [0.1, 0.15) is 11.6 Å². The van der Waals surface area contributed by atoms with E-state index in [0.29, 0.717) is 6.61 Å². The van der Waals surface area contributed by atoms with Crippen molar-refractivity contribution in [1.82, 2.24) is 5.32 Å². The number of para-hydroxylation sites is 1. The molecule has 1 unspecified atom stereocenters. The highest BCUT2D eigenvalue weighted by atomic mass is 16.5. The summed E-state index contributed by atoms with van der Waals surface area (Å²) in [4.78, 5) is 21.6. The van der Waals surface area contributed by atoms with Crippen molar-refractivity contribution in [2.75, 3.05) is 6.61 Å². The summed E-state index contributed by atoms with van der Waals surface area (Å²) in [5.41, 5.74) is 0.907. The van der Waals surface area contributed by atoms with E-state index in [2.05, 4.69) is 5.32 Å². The van der Waals surface area contributed by atoms with Gasteiger partial charge in [-0.2, -0.15) is 0 Å². The first kappa shape index (κ1) is 11.2. The van der Waals surface area contributed by atoms with Crippen molar-refractivity contribution in [1.29, 1.82) is 0 Å². The van der Waals surface area contributed by atoms with Crippen LogP contribution in [0.25, 0.3) is 0 Å². The van der Waals surface area contributed by atoms with Crippen molar-refractivity contribution >= 4 is 11.9 Å². The molecule has 17 heavy (non-hydrogen) atoms. The quantitative estimate of drug-likeness (QED) is 0.760. The van der Waals surface area contributed by atoms with Crippen LogP contribution in [0.5, 0.6) is 5.75 Å². The van der Waals surface area contributed by atoms with Gasteiger partial charge in [-0.25, -0.2) is 4.79 Å². The lowest BCUT2D eigenvalue weighted by Gasteiger charge is -2.09. The van der Waals surface area contributed by atoms with E-state index >= 15 is 0 Å². The van der Waals surface area contributed by atoms with Crippen molar-refractivity contribution in [2.45, 2.75) is 6.04 Å².